The van der Waals surface area contributed by atoms with Gasteiger partial charge in [-0.05, 0) is 46.5 Å². The van der Waals surface area contributed by atoms with E-state index in [1.54, 1.807) is 4.90 Å². The number of carbonyl (C=O) groups is 2. The van der Waals surface area contributed by atoms with Crippen molar-refractivity contribution in [2.75, 3.05) is 13.2 Å². The van der Waals surface area contributed by atoms with Gasteiger partial charge in [-0.1, -0.05) is 0 Å². The minimum absolute atomic E-state index is 0.00471. The molecule has 0 aromatic carbocycles. The van der Waals surface area contributed by atoms with E-state index in [4.69, 9.17) is 9.84 Å². The van der Waals surface area contributed by atoms with Crippen LogP contribution in [0.5, 0.6) is 0 Å². The highest BCUT2D eigenvalue weighted by atomic mass is 16.5. The van der Waals surface area contributed by atoms with E-state index in [9.17, 15) is 9.59 Å². The number of carboxylic acid groups (broad SMARTS) is 1. The van der Waals surface area contributed by atoms with Crippen LogP contribution in [0.2, 0.25) is 0 Å². The van der Waals surface area contributed by atoms with Crippen molar-refractivity contribution in [3.05, 3.63) is 0 Å². The molecule has 5 nitrogen and oxygen atoms in total. The highest BCUT2D eigenvalue weighted by Crippen LogP contribution is 2.33. The standard InChI is InChI=1S/C15H27NO4/c1-5-20-12-8-11(9-12)10-13(17)16(15(2,3)4)7-6-14(18)19/h11-12H,5-10H2,1-4H3,(H,18,19). The Morgan fingerprint density at radius 1 is 1.30 bits per heavy atom. The molecular weight excluding hydrogens is 258 g/mol. The lowest BCUT2D eigenvalue weighted by atomic mass is 9.79. The Kier molecular flexibility index (Phi) is 5.99. The lowest BCUT2D eigenvalue weighted by molar-refractivity contribution is -0.142. The van der Waals surface area contributed by atoms with Gasteiger partial charge in [-0.3, -0.25) is 9.59 Å². The third kappa shape index (κ3) is 5.12. The van der Waals surface area contributed by atoms with E-state index >= 15 is 0 Å². The summed E-state index contributed by atoms with van der Waals surface area (Å²) in [7, 11) is 0. The smallest absolute Gasteiger partial charge is 0.305 e. The fourth-order valence-corrected chi connectivity index (χ4v) is 2.61. The normalized spacial score (nSPS) is 22.2. The fourth-order valence-electron chi connectivity index (χ4n) is 2.61. The Morgan fingerprint density at radius 3 is 2.35 bits per heavy atom. The number of aliphatic carboxylic acids is 1. The van der Waals surface area contributed by atoms with Crippen molar-refractivity contribution in [2.45, 2.75) is 65.0 Å². The Labute approximate surface area is 121 Å². The zero-order chi connectivity index (χ0) is 15.3. The third-order valence-corrected chi connectivity index (χ3v) is 3.72. The molecular formula is C15H27NO4. The summed E-state index contributed by atoms with van der Waals surface area (Å²) in [5.74, 6) is -0.431. The molecule has 0 heterocycles. The minimum Gasteiger partial charge on any atom is -0.481 e. The van der Waals surface area contributed by atoms with Crippen molar-refractivity contribution < 1.29 is 19.4 Å². The second kappa shape index (κ2) is 7.07. The first-order chi connectivity index (χ1) is 9.24. The second-order valence-electron chi connectivity index (χ2n) is 6.48. The molecule has 1 saturated carbocycles. The molecule has 0 atom stereocenters. The average molecular weight is 285 g/mol. The van der Waals surface area contributed by atoms with Gasteiger partial charge in [-0.15, -0.1) is 0 Å². The molecule has 116 valence electrons. The zero-order valence-electron chi connectivity index (χ0n) is 13.0. The van der Waals surface area contributed by atoms with Crippen molar-refractivity contribution in [1.82, 2.24) is 4.90 Å². The number of carbonyl (C=O) groups excluding carboxylic acids is 1. The molecule has 0 spiro atoms. The number of carboxylic acids is 1. The minimum atomic E-state index is -0.868. The van der Waals surface area contributed by atoms with Crippen LogP contribution in [0, 0.1) is 5.92 Å². The molecule has 0 aliphatic heterocycles. The van der Waals surface area contributed by atoms with Crippen LogP contribution in [0.25, 0.3) is 0 Å². The molecule has 1 N–H and O–H groups in total. The summed E-state index contributed by atoms with van der Waals surface area (Å²) in [5.41, 5.74) is -0.338. The van der Waals surface area contributed by atoms with E-state index in [-0.39, 0.29) is 24.4 Å². The quantitative estimate of drug-likeness (QED) is 0.779. The summed E-state index contributed by atoms with van der Waals surface area (Å²) in [6, 6.07) is 0. The van der Waals surface area contributed by atoms with E-state index < -0.39 is 5.97 Å². The van der Waals surface area contributed by atoms with Crippen LogP contribution in [0.3, 0.4) is 0 Å². The lowest BCUT2D eigenvalue weighted by Crippen LogP contribution is -2.48. The first-order valence-corrected chi connectivity index (χ1v) is 7.38. The number of amides is 1. The van der Waals surface area contributed by atoms with Crippen molar-refractivity contribution in [1.29, 1.82) is 0 Å². The molecule has 0 aromatic heterocycles. The number of hydrogen-bond acceptors (Lipinski definition) is 3. The average Bonchev–Trinajstić information content (AvgIpc) is 2.24. The van der Waals surface area contributed by atoms with E-state index in [0.717, 1.165) is 19.4 Å². The SMILES string of the molecule is CCOC1CC(CC(=O)N(CCC(=O)O)C(C)(C)C)C1. The van der Waals surface area contributed by atoms with Crippen molar-refractivity contribution in [3.8, 4) is 0 Å². The monoisotopic (exact) mass is 285 g/mol. The molecule has 1 aliphatic rings. The van der Waals surface area contributed by atoms with Gasteiger partial charge in [0.05, 0.1) is 12.5 Å². The molecule has 0 bridgehead atoms. The Hall–Kier alpha value is -1.10. The van der Waals surface area contributed by atoms with Gasteiger partial charge in [0.1, 0.15) is 0 Å². The number of ether oxygens (including phenoxy) is 1. The highest BCUT2D eigenvalue weighted by molar-refractivity contribution is 5.78. The summed E-state index contributed by atoms with van der Waals surface area (Å²) in [6.07, 6.45) is 2.68. The second-order valence-corrected chi connectivity index (χ2v) is 6.48. The first kappa shape index (κ1) is 17.0. The van der Waals surface area contributed by atoms with Gasteiger partial charge in [-0.2, -0.15) is 0 Å². The van der Waals surface area contributed by atoms with Gasteiger partial charge in [0, 0.05) is 25.1 Å². The van der Waals surface area contributed by atoms with Gasteiger partial charge < -0.3 is 14.7 Å². The predicted octanol–water partition coefficient (Wildman–Crippen LogP) is 2.29. The topological polar surface area (TPSA) is 66.8 Å². The Morgan fingerprint density at radius 2 is 1.90 bits per heavy atom. The van der Waals surface area contributed by atoms with E-state index in [1.807, 2.05) is 27.7 Å². The predicted molar refractivity (Wildman–Crippen MR) is 76.5 cm³/mol. The molecule has 0 saturated heterocycles. The molecule has 1 rings (SSSR count). The number of rotatable bonds is 7. The Balaban J connectivity index is 2.46. The van der Waals surface area contributed by atoms with Gasteiger partial charge in [0.25, 0.3) is 0 Å². The maximum Gasteiger partial charge on any atom is 0.305 e. The summed E-state index contributed by atoms with van der Waals surface area (Å²) in [4.78, 5) is 24.8. The molecule has 5 heteroatoms. The number of hydrogen-bond donors (Lipinski definition) is 1. The molecule has 1 fully saturated rings. The maximum absolute atomic E-state index is 12.4. The van der Waals surface area contributed by atoms with Crippen LogP contribution in [0.15, 0.2) is 0 Å². The fraction of sp³-hybridized carbons (Fsp3) is 0.867. The Bertz CT molecular complexity index is 342. The molecule has 20 heavy (non-hydrogen) atoms. The number of nitrogens with zero attached hydrogens (tertiary/aromatic N) is 1. The van der Waals surface area contributed by atoms with E-state index in [2.05, 4.69) is 0 Å². The van der Waals surface area contributed by atoms with Crippen LogP contribution in [-0.4, -0.2) is 46.7 Å². The van der Waals surface area contributed by atoms with E-state index in [0.29, 0.717) is 18.4 Å². The van der Waals surface area contributed by atoms with Gasteiger partial charge in [0.2, 0.25) is 5.91 Å². The highest BCUT2D eigenvalue weighted by Gasteiger charge is 2.34. The molecule has 1 amide bonds. The largest absolute Gasteiger partial charge is 0.481 e. The maximum atomic E-state index is 12.4. The van der Waals surface area contributed by atoms with Crippen LogP contribution in [-0.2, 0) is 14.3 Å². The summed E-state index contributed by atoms with van der Waals surface area (Å²) in [5, 5.41) is 8.79. The van der Waals surface area contributed by atoms with Crippen molar-refractivity contribution in [3.63, 3.8) is 0 Å². The van der Waals surface area contributed by atoms with Crippen molar-refractivity contribution in [2.24, 2.45) is 5.92 Å². The lowest BCUT2D eigenvalue weighted by Gasteiger charge is -2.39. The van der Waals surface area contributed by atoms with Gasteiger partial charge >= 0.3 is 5.97 Å². The van der Waals surface area contributed by atoms with Crippen molar-refractivity contribution >= 4 is 11.9 Å². The van der Waals surface area contributed by atoms with Crippen LogP contribution < -0.4 is 0 Å². The summed E-state index contributed by atoms with van der Waals surface area (Å²) < 4.78 is 5.49. The molecule has 0 unspecified atom stereocenters. The molecule has 0 aromatic rings. The van der Waals surface area contributed by atoms with Gasteiger partial charge in [0.15, 0.2) is 0 Å². The van der Waals surface area contributed by atoms with Crippen LogP contribution in [0.1, 0.15) is 53.4 Å². The third-order valence-electron chi connectivity index (χ3n) is 3.72. The van der Waals surface area contributed by atoms with Crippen LogP contribution >= 0.6 is 0 Å². The zero-order valence-corrected chi connectivity index (χ0v) is 13.0. The summed E-state index contributed by atoms with van der Waals surface area (Å²) in [6.45, 7) is 8.80. The molecule has 1 aliphatic carbocycles. The van der Waals surface area contributed by atoms with Crippen LogP contribution in [0.4, 0.5) is 0 Å². The molecule has 0 radical (unpaired) electrons. The van der Waals surface area contributed by atoms with Gasteiger partial charge in [-0.25, -0.2) is 0 Å². The first-order valence-electron chi connectivity index (χ1n) is 7.38. The van der Waals surface area contributed by atoms with E-state index in [1.165, 1.54) is 0 Å². The summed E-state index contributed by atoms with van der Waals surface area (Å²) >= 11 is 0.